The molecule has 0 aromatic carbocycles. The Morgan fingerprint density at radius 1 is 1.00 bits per heavy atom. The molecule has 2 fully saturated rings. The van der Waals surface area contributed by atoms with Crippen LogP contribution in [0.25, 0.3) is 0 Å². The molecule has 1 aliphatic carbocycles. The van der Waals surface area contributed by atoms with Crippen LogP contribution in [0.5, 0.6) is 0 Å². The molecule has 3 nitrogen and oxygen atoms in total. The van der Waals surface area contributed by atoms with Crippen LogP contribution in [0.1, 0.15) is 44.9 Å². The zero-order valence-corrected chi connectivity index (χ0v) is 11.3. The minimum Gasteiger partial charge on any atom is -0.395 e. The zero-order valence-electron chi connectivity index (χ0n) is 11.3. The molecule has 2 aliphatic rings. The normalized spacial score (nSPS) is 31.1. The highest BCUT2D eigenvalue weighted by Crippen LogP contribution is 2.25. The van der Waals surface area contributed by atoms with Crippen molar-refractivity contribution in [3.05, 3.63) is 0 Å². The zero-order chi connectivity index (χ0) is 12.1. The summed E-state index contributed by atoms with van der Waals surface area (Å²) in [7, 11) is 2.18. The fraction of sp³-hybridized carbons (Fsp3) is 1.00. The summed E-state index contributed by atoms with van der Waals surface area (Å²) in [5.41, 5.74) is 0. The van der Waals surface area contributed by atoms with Crippen molar-refractivity contribution in [2.75, 3.05) is 33.3 Å². The molecule has 0 aromatic rings. The summed E-state index contributed by atoms with van der Waals surface area (Å²) in [4.78, 5) is 4.99. The fourth-order valence-electron chi connectivity index (χ4n) is 3.49. The summed E-state index contributed by atoms with van der Waals surface area (Å²) in [5, 5.41) is 9.64. The Kier molecular flexibility index (Phi) is 5.26. The molecule has 100 valence electrons. The molecule has 1 heterocycles. The van der Waals surface area contributed by atoms with Crippen molar-refractivity contribution in [1.29, 1.82) is 0 Å². The van der Waals surface area contributed by atoms with Gasteiger partial charge < -0.3 is 10.0 Å². The van der Waals surface area contributed by atoms with Crippen molar-refractivity contribution < 1.29 is 5.11 Å². The molecule has 1 atom stereocenters. The summed E-state index contributed by atoms with van der Waals surface area (Å²) < 4.78 is 0. The Balaban J connectivity index is 1.99. The Labute approximate surface area is 106 Å². The summed E-state index contributed by atoms with van der Waals surface area (Å²) >= 11 is 0. The molecule has 0 amide bonds. The highest BCUT2D eigenvalue weighted by Gasteiger charge is 2.28. The van der Waals surface area contributed by atoms with E-state index in [1.807, 2.05) is 0 Å². The summed E-state index contributed by atoms with van der Waals surface area (Å²) in [6, 6.07) is 1.10. The van der Waals surface area contributed by atoms with Crippen molar-refractivity contribution in [1.82, 2.24) is 9.80 Å². The number of aliphatic hydroxyl groups excluding tert-OH is 1. The molecule has 1 unspecified atom stereocenters. The van der Waals surface area contributed by atoms with Gasteiger partial charge in [0.05, 0.1) is 6.61 Å². The second-order valence-corrected chi connectivity index (χ2v) is 5.84. The third-order valence-corrected chi connectivity index (χ3v) is 4.45. The van der Waals surface area contributed by atoms with Crippen molar-refractivity contribution in [2.45, 2.75) is 57.0 Å². The maximum atomic E-state index is 9.64. The van der Waals surface area contributed by atoms with E-state index in [9.17, 15) is 5.11 Å². The van der Waals surface area contributed by atoms with Gasteiger partial charge in [-0.25, -0.2) is 0 Å². The van der Waals surface area contributed by atoms with Crippen molar-refractivity contribution in [3.8, 4) is 0 Å². The molecule has 0 radical (unpaired) electrons. The van der Waals surface area contributed by atoms with Gasteiger partial charge in [0, 0.05) is 25.2 Å². The Morgan fingerprint density at radius 3 is 2.35 bits per heavy atom. The van der Waals surface area contributed by atoms with E-state index in [1.165, 1.54) is 58.0 Å². The molecule has 3 heteroatoms. The number of rotatable bonds is 2. The molecule has 17 heavy (non-hydrogen) atoms. The third kappa shape index (κ3) is 3.67. The van der Waals surface area contributed by atoms with Crippen LogP contribution in [0.3, 0.4) is 0 Å². The van der Waals surface area contributed by atoms with E-state index in [2.05, 4.69) is 16.8 Å². The quantitative estimate of drug-likeness (QED) is 0.744. The first-order valence-electron chi connectivity index (χ1n) is 7.36. The van der Waals surface area contributed by atoms with Gasteiger partial charge in [-0.15, -0.1) is 0 Å². The molecule has 0 spiro atoms. The molecule has 0 aromatic heterocycles. The monoisotopic (exact) mass is 240 g/mol. The molecule has 1 aliphatic heterocycles. The van der Waals surface area contributed by atoms with Crippen LogP contribution in [0.4, 0.5) is 0 Å². The SMILES string of the molecule is CN1CCCN(C2CCCCCC2)C(CO)C1. The van der Waals surface area contributed by atoms with E-state index in [1.54, 1.807) is 0 Å². The number of likely N-dealkylation sites (N-methyl/N-ethyl adjacent to an activating group) is 1. The minimum atomic E-state index is 0.320. The predicted octanol–water partition coefficient (Wildman–Crippen LogP) is 1.71. The summed E-state index contributed by atoms with van der Waals surface area (Å²) in [6.45, 7) is 3.72. The van der Waals surface area contributed by atoms with Crippen LogP contribution < -0.4 is 0 Å². The van der Waals surface area contributed by atoms with E-state index in [4.69, 9.17) is 0 Å². The Morgan fingerprint density at radius 2 is 1.71 bits per heavy atom. The van der Waals surface area contributed by atoms with Crippen LogP contribution >= 0.6 is 0 Å². The van der Waals surface area contributed by atoms with E-state index >= 15 is 0 Å². The van der Waals surface area contributed by atoms with Crippen molar-refractivity contribution >= 4 is 0 Å². The van der Waals surface area contributed by atoms with Gasteiger partial charge in [0.2, 0.25) is 0 Å². The van der Waals surface area contributed by atoms with Gasteiger partial charge in [0.1, 0.15) is 0 Å². The molecular formula is C14H28N2O. The van der Waals surface area contributed by atoms with Crippen LogP contribution in [-0.4, -0.2) is 60.3 Å². The first-order chi connectivity index (χ1) is 8.31. The first-order valence-corrected chi connectivity index (χ1v) is 7.36. The Hall–Kier alpha value is -0.120. The van der Waals surface area contributed by atoms with Gasteiger partial charge in [-0.2, -0.15) is 0 Å². The maximum Gasteiger partial charge on any atom is 0.0599 e. The minimum absolute atomic E-state index is 0.320. The Bertz CT molecular complexity index is 214. The highest BCUT2D eigenvalue weighted by atomic mass is 16.3. The lowest BCUT2D eigenvalue weighted by atomic mass is 10.0. The second-order valence-electron chi connectivity index (χ2n) is 5.84. The molecular weight excluding hydrogens is 212 g/mol. The fourth-order valence-corrected chi connectivity index (χ4v) is 3.49. The van der Waals surface area contributed by atoms with Crippen LogP contribution in [-0.2, 0) is 0 Å². The lowest BCUT2D eigenvalue weighted by molar-refractivity contribution is 0.0736. The highest BCUT2D eigenvalue weighted by molar-refractivity contribution is 4.84. The van der Waals surface area contributed by atoms with E-state index < -0.39 is 0 Å². The number of hydrogen-bond acceptors (Lipinski definition) is 3. The smallest absolute Gasteiger partial charge is 0.0599 e. The number of nitrogens with zero attached hydrogens (tertiary/aromatic N) is 2. The standard InChI is InChI=1S/C14H28N2O/c1-15-9-6-10-16(14(11-15)12-17)13-7-4-2-3-5-8-13/h13-14,17H,2-12H2,1H3. The second kappa shape index (κ2) is 6.72. The predicted molar refractivity (Wildman–Crippen MR) is 71.2 cm³/mol. The molecule has 1 saturated heterocycles. The maximum absolute atomic E-state index is 9.64. The van der Waals surface area contributed by atoms with Gasteiger partial charge >= 0.3 is 0 Å². The van der Waals surface area contributed by atoms with Gasteiger partial charge in [-0.1, -0.05) is 25.7 Å². The summed E-state index contributed by atoms with van der Waals surface area (Å²) in [6.07, 6.45) is 9.54. The van der Waals surface area contributed by atoms with Gasteiger partial charge in [0.25, 0.3) is 0 Å². The van der Waals surface area contributed by atoms with Gasteiger partial charge in [-0.05, 0) is 32.9 Å². The average molecular weight is 240 g/mol. The molecule has 2 rings (SSSR count). The summed E-state index contributed by atoms with van der Waals surface area (Å²) in [5.74, 6) is 0. The lowest BCUT2D eigenvalue weighted by Crippen LogP contribution is -2.48. The lowest BCUT2D eigenvalue weighted by Gasteiger charge is -2.36. The molecule has 1 N–H and O–H groups in total. The van der Waals surface area contributed by atoms with Gasteiger partial charge in [0.15, 0.2) is 0 Å². The molecule has 0 bridgehead atoms. The number of hydrogen-bond donors (Lipinski definition) is 1. The van der Waals surface area contributed by atoms with Gasteiger partial charge in [-0.3, -0.25) is 4.90 Å². The molecule has 1 saturated carbocycles. The van der Waals surface area contributed by atoms with Crippen LogP contribution in [0.15, 0.2) is 0 Å². The third-order valence-electron chi connectivity index (χ3n) is 4.45. The first kappa shape index (κ1) is 13.3. The van der Waals surface area contributed by atoms with E-state index in [-0.39, 0.29) is 0 Å². The topological polar surface area (TPSA) is 26.7 Å². The van der Waals surface area contributed by atoms with E-state index in [0.29, 0.717) is 12.6 Å². The largest absolute Gasteiger partial charge is 0.395 e. The van der Waals surface area contributed by atoms with Crippen molar-refractivity contribution in [2.24, 2.45) is 0 Å². The van der Waals surface area contributed by atoms with Crippen LogP contribution in [0, 0.1) is 0 Å². The van der Waals surface area contributed by atoms with Crippen LogP contribution in [0.2, 0.25) is 0 Å². The van der Waals surface area contributed by atoms with E-state index in [0.717, 1.165) is 12.6 Å². The number of aliphatic hydroxyl groups is 1. The van der Waals surface area contributed by atoms with Crippen molar-refractivity contribution in [3.63, 3.8) is 0 Å². The average Bonchev–Trinajstić information content (AvgIpc) is 2.68.